The summed E-state index contributed by atoms with van der Waals surface area (Å²) in [6.07, 6.45) is -0.485. The lowest BCUT2D eigenvalue weighted by atomic mass is 10.3. The van der Waals surface area contributed by atoms with Crippen LogP contribution in [0.1, 0.15) is 6.42 Å². The van der Waals surface area contributed by atoms with Crippen molar-refractivity contribution in [2.75, 3.05) is 6.54 Å². The van der Waals surface area contributed by atoms with E-state index >= 15 is 0 Å². The van der Waals surface area contributed by atoms with Gasteiger partial charge in [0.1, 0.15) is 0 Å². The van der Waals surface area contributed by atoms with Crippen molar-refractivity contribution in [3.05, 3.63) is 0 Å². The van der Waals surface area contributed by atoms with Crippen LogP contribution in [0, 0.1) is 0 Å². The molecular weight excluding hydrogens is 236 g/mol. The molecule has 0 aromatic rings. The monoisotopic (exact) mass is 247 g/mol. The van der Waals surface area contributed by atoms with Crippen molar-refractivity contribution in [3.63, 3.8) is 0 Å². The second kappa shape index (κ2) is 4.63. The Labute approximate surface area is 79.4 Å². The molecule has 6 N–H and O–H groups in total. The van der Waals surface area contributed by atoms with Gasteiger partial charge in [0.05, 0.1) is 0 Å². The number of hydrogen-bond acceptors (Lipinski definition) is 4. The summed E-state index contributed by atoms with van der Waals surface area (Å²) >= 11 is 0. The van der Waals surface area contributed by atoms with E-state index in [1.54, 1.807) is 0 Å². The van der Waals surface area contributed by atoms with E-state index in [9.17, 15) is 13.9 Å². The highest BCUT2D eigenvalue weighted by molar-refractivity contribution is 7.72. The summed E-state index contributed by atoms with van der Waals surface area (Å²) in [5.74, 6) is -1.23. The summed E-state index contributed by atoms with van der Waals surface area (Å²) in [5.41, 5.74) is 4.93. The Bertz CT molecular complexity index is 281. The van der Waals surface area contributed by atoms with Crippen LogP contribution in [0.2, 0.25) is 0 Å². The molecule has 14 heavy (non-hydrogen) atoms. The summed E-state index contributed by atoms with van der Waals surface area (Å²) in [6.45, 7) is -0.227. The van der Waals surface area contributed by atoms with Crippen molar-refractivity contribution in [2.45, 2.75) is 11.8 Å². The zero-order valence-electron chi connectivity index (χ0n) is 6.98. The van der Waals surface area contributed by atoms with E-state index in [4.69, 9.17) is 25.3 Å². The highest BCUT2D eigenvalue weighted by Gasteiger charge is 2.48. The maximum Gasteiger partial charge on any atom is 0.348 e. The van der Waals surface area contributed by atoms with Crippen LogP contribution in [0.3, 0.4) is 0 Å². The highest BCUT2D eigenvalue weighted by atomic mass is 31.2. The molecule has 0 bridgehead atoms. The van der Waals surface area contributed by atoms with Gasteiger partial charge in [0.2, 0.25) is 5.40 Å². The molecule has 84 valence electrons. The molecule has 8 nitrogen and oxygen atoms in total. The molecule has 0 atom stereocenters. The van der Waals surface area contributed by atoms with Gasteiger partial charge >= 0.3 is 15.2 Å². The fourth-order valence-electron chi connectivity index (χ4n) is 0.842. The van der Waals surface area contributed by atoms with Crippen molar-refractivity contribution >= 4 is 21.0 Å². The highest BCUT2D eigenvalue weighted by Crippen LogP contribution is 2.60. The second-order valence-electron chi connectivity index (χ2n) is 2.56. The summed E-state index contributed by atoms with van der Waals surface area (Å²) in [6, 6.07) is 0. The van der Waals surface area contributed by atoms with Gasteiger partial charge < -0.3 is 25.3 Å². The first-order valence-electron chi connectivity index (χ1n) is 3.44. The zero-order chi connectivity index (χ0) is 11.6. The van der Waals surface area contributed by atoms with E-state index in [-0.39, 0.29) is 6.54 Å². The van der Waals surface area contributed by atoms with Gasteiger partial charge in [-0.1, -0.05) is 0 Å². The number of hydrogen-bond donors (Lipinski definition) is 5. The van der Waals surface area contributed by atoms with Gasteiger partial charge in [-0.15, -0.1) is 0 Å². The first-order chi connectivity index (χ1) is 6.10. The lowest BCUT2D eigenvalue weighted by Crippen LogP contribution is -2.23. The molecule has 0 aliphatic heterocycles. The molecule has 0 radical (unpaired) electrons. The van der Waals surface area contributed by atoms with Crippen molar-refractivity contribution in [3.8, 4) is 0 Å². The van der Waals surface area contributed by atoms with Gasteiger partial charge in [0, 0.05) is 6.42 Å². The zero-order valence-corrected chi connectivity index (χ0v) is 8.77. The van der Waals surface area contributed by atoms with Gasteiger partial charge in [-0.3, -0.25) is 13.9 Å². The summed E-state index contributed by atoms with van der Waals surface area (Å²) in [7, 11) is -10.3. The van der Waals surface area contributed by atoms with Crippen LogP contribution in [0.15, 0.2) is 0 Å². The van der Waals surface area contributed by atoms with Gasteiger partial charge in [-0.25, -0.2) is 0 Å². The molecular formula is C4H11NO7P2. The lowest BCUT2D eigenvalue weighted by Gasteiger charge is -2.17. The minimum Gasteiger partial charge on any atom is -0.330 e. The Morgan fingerprint density at radius 2 is 1.50 bits per heavy atom. The third kappa shape index (κ3) is 3.98. The van der Waals surface area contributed by atoms with Crippen LogP contribution < -0.4 is 5.73 Å². The fraction of sp³-hybridized carbons (Fsp3) is 0.750. The normalized spacial score (nSPS) is 13.3. The van der Waals surface area contributed by atoms with E-state index in [0.29, 0.717) is 0 Å². The van der Waals surface area contributed by atoms with Crippen molar-refractivity contribution in [1.29, 1.82) is 0 Å². The summed E-state index contributed by atoms with van der Waals surface area (Å²) < 4.78 is 21.3. The molecule has 10 heteroatoms. The van der Waals surface area contributed by atoms with E-state index < -0.39 is 32.8 Å². The van der Waals surface area contributed by atoms with Crippen LogP contribution in [0.4, 0.5) is 0 Å². The number of nitrogens with two attached hydrogens (primary N) is 1. The predicted molar refractivity (Wildman–Crippen MR) is 46.6 cm³/mol. The molecule has 0 amide bonds. The van der Waals surface area contributed by atoms with Crippen molar-refractivity contribution in [2.24, 2.45) is 5.73 Å². The van der Waals surface area contributed by atoms with E-state index in [0.717, 1.165) is 0 Å². The third-order valence-corrected chi connectivity index (χ3v) is 4.97. The van der Waals surface area contributed by atoms with Crippen molar-refractivity contribution in [1.82, 2.24) is 0 Å². The Balaban J connectivity index is 5.05. The average molecular weight is 247 g/mol. The maximum absolute atomic E-state index is 11.0. The van der Waals surface area contributed by atoms with E-state index in [1.807, 2.05) is 0 Å². The lowest BCUT2D eigenvalue weighted by molar-refractivity contribution is -0.117. The first-order valence-corrected chi connectivity index (χ1v) is 6.80. The SMILES string of the molecule is NCCC(=O)C(P(=O)(O)O)P(=O)(O)O. The van der Waals surface area contributed by atoms with Crippen molar-refractivity contribution < 1.29 is 33.5 Å². The summed E-state index contributed by atoms with van der Waals surface area (Å²) in [5, 5.41) is -2.58. The van der Waals surface area contributed by atoms with Crippen LogP contribution in [-0.2, 0) is 13.9 Å². The molecule has 0 rings (SSSR count). The molecule has 0 spiro atoms. The number of carbonyl (C=O) groups is 1. The topological polar surface area (TPSA) is 158 Å². The summed E-state index contributed by atoms with van der Waals surface area (Å²) in [4.78, 5) is 45.2. The maximum atomic E-state index is 11.0. The molecule has 0 saturated carbocycles. The number of rotatable bonds is 5. The molecule has 0 heterocycles. The van der Waals surface area contributed by atoms with E-state index in [2.05, 4.69) is 0 Å². The van der Waals surface area contributed by atoms with Crippen LogP contribution in [-0.4, -0.2) is 37.3 Å². The molecule has 0 unspecified atom stereocenters. The van der Waals surface area contributed by atoms with E-state index in [1.165, 1.54) is 0 Å². The minimum absolute atomic E-state index is 0.227. The Kier molecular flexibility index (Phi) is 4.61. The van der Waals surface area contributed by atoms with Gasteiger partial charge in [0.15, 0.2) is 5.78 Å². The average Bonchev–Trinajstić information content (AvgIpc) is 1.78. The smallest absolute Gasteiger partial charge is 0.330 e. The Morgan fingerprint density at radius 3 is 1.71 bits per heavy atom. The third-order valence-electron chi connectivity index (χ3n) is 1.32. The Morgan fingerprint density at radius 1 is 1.14 bits per heavy atom. The van der Waals surface area contributed by atoms with Crippen LogP contribution in [0.5, 0.6) is 0 Å². The molecule has 0 fully saturated rings. The fourth-order valence-corrected chi connectivity index (χ4v) is 3.42. The largest absolute Gasteiger partial charge is 0.348 e. The van der Waals surface area contributed by atoms with Gasteiger partial charge in [-0.2, -0.15) is 0 Å². The second-order valence-corrected chi connectivity index (χ2v) is 6.35. The van der Waals surface area contributed by atoms with Gasteiger partial charge in [-0.05, 0) is 6.54 Å². The predicted octanol–water partition coefficient (Wildman–Crippen LogP) is -1.41. The Hall–Kier alpha value is -0.0700. The minimum atomic E-state index is -5.15. The number of carbonyl (C=O) groups excluding carboxylic acids is 1. The molecule has 0 aromatic carbocycles. The quantitative estimate of drug-likeness (QED) is 0.370. The standard InChI is InChI=1S/C4H11NO7P2/c5-2-1-3(6)4(13(7,8)9)14(10,11)12/h4H,1-2,5H2,(H2,7,8,9)(H2,10,11,12). The van der Waals surface area contributed by atoms with Crippen LogP contribution >= 0.6 is 15.2 Å². The molecule has 0 aliphatic rings. The first kappa shape index (κ1) is 13.9. The molecule has 0 saturated heterocycles. The number of Topliss-reactive ketones (excluding diaryl/α,β-unsaturated/α-hetero) is 1. The number of ketones is 1. The van der Waals surface area contributed by atoms with Crippen LogP contribution in [0.25, 0.3) is 0 Å². The van der Waals surface area contributed by atoms with Gasteiger partial charge in [0.25, 0.3) is 0 Å². The molecule has 0 aromatic heterocycles. The molecule has 0 aliphatic carbocycles.